The molecule has 0 heterocycles. The van der Waals surface area contributed by atoms with Gasteiger partial charge < -0.3 is 0 Å². The molecule has 0 aliphatic heterocycles. The predicted molar refractivity (Wildman–Crippen MR) is 150 cm³/mol. The van der Waals surface area contributed by atoms with Gasteiger partial charge in [0.25, 0.3) is 0 Å². The van der Waals surface area contributed by atoms with Crippen molar-refractivity contribution in [1.29, 1.82) is 0 Å². The zero-order valence-corrected chi connectivity index (χ0v) is 19.5. The van der Waals surface area contributed by atoms with E-state index in [1.54, 1.807) is 0 Å². The lowest BCUT2D eigenvalue weighted by atomic mass is 9.96. The number of rotatable bonds is 2. The summed E-state index contributed by atoms with van der Waals surface area (Å²) < 4.78 is 0. The van der Waals surface area contributed by atoms with Gasteiger partial charge in [0.05, 0.1) is 0 Å². The van der Waals surface area contributed by atoms with Gasteiger partial charge in [0.15, 0.2) is 0 Å². The zero-order chi connectivity index (χ0) is 24.3. The summed E-state index contributed by atoms with van der Waals surface area (Å²) in [5, 5.41) is 2.31. The summed E-state index contributed by atoms with van der Waals surface area (Å²) in [5.41, 5.74) is 9.59. The third-order valence-corrected chi connectivity index (χ3v) is 6.44. The first-order valence-corrected chi connectivity index (χ1v) is 11.8. The molecule has 0 heteroatoms. The standard InChI is InChI=1S/C36H20/c1-2-26-12-3-4-14-28(26)22-23-29-15-6-5-13-27(29)17-11-21-34-32-19-9-10-20-33(32)35-25-24-30-16-7-8-18-31(30)36(34)35/h1,3-20,25H/b17-11+,34-21?. The van der Waals surface area contributed by atoms with Gasteiger partial charge >= 0.3 is 0 Å². The Hall–Kier alpha value is -5.04. The van der Waals surface area contributed by atoms with Crippen molar-refractivity contribution in [3.05, 3.63) is 155 Å². The number of benzene rings is 5. The molecule has 164 valence electrons. The molecule has 2 radical (unpaired) electrons. The van der Waals surface area contributed by atoms with Crippen LogP contribution in [0.4, 0.5) is 0 Å². The summed E-state index contributed by atoms with van der Waals surface area (Å²) in [6.07, 6.45) is 13.3. The number of allylic oxidation sites excluding steroid dienone is 2. The molecule has 5 aromatic rings. The van der Waals surface area contributed by atoms with E-state index < -0.39 is 0 Å². The molecule has 0 amide bonds. The molecule has 0 saturated heterocycles. The van der Waals surface area contributed by atoms with Gasteiger partial charge in [-0.15, -0.1) is 6.42 Å². The Bertz CT molecular complexity index is 1790. The van der Waals surface area contributed by atoms with Crippen LogP contribution >= 0.6 is 0 Å². The van der Waals surface area contributed by atoms with Gasteiger partial charge in [0, 0.05) is 16.7 Å². The summed E-state index contributed by atoms with van der Waals surface area (Å²) in [6.45, 7) is 0. The van der Waals surface area contributed by atoms with Crippen LogP contribution in [-0.4, -0.2) is 0 Å². The minimum absolute atomic E-state index is 0.805. The van der Waals surface area contributed by atoms with Crippen molar-refractivity contribution in [3.8, 4) is 35.3 Å². The van der Waals surface area contributed by atoms with Crippen LogP contribution in [0.3, 0.4) is 0 Å². The highest BCUT2D eigenvalue weighted by molar-refractivity contribution is 6.10. The molecule has 0 unspecified atom stereocenters. The fraction of sp³-hybridized carbons (Fsp3) is 0. The number of hydrogen-bond acceptors (Lipinski definition) is 0. The second kappa shape index (κ2) is 9.31. The monoisotopic (exact) mass is 452 g/mol. The van der Waals surface area contributed by atoms with Gasteiger partial charge in [-0.3, -0.25) is 0 Å². The van der Waals surface area contributed by atoms with Crippen LogP contribution in [0.2, 0.25) is 0 Å². The predicted octanol–water partition coefficient (Wildman–Crippen LogP) is 7.95. The van der Waals surface area contributed by atoms with E-state index in [0.717, 1.165) is 33.2 Å². The maximum atomic E-state index is 5.64. The van der Waals surface area contributed by atoms with E-state index in [9.17, 15) is 0 Å². The molecule has 0 saturated carbocycles. The third kappa shape index (κ3) is 3.82. The highest BCUT2D eigenvalue weighted by atomic mass is 14.3. The Kier molecular flexibility index (Phi) is 5.56. The third-order valence-electron chi connectivity index (χ3n) is 6.44. The summed E-state index contributed by atoms with van der Waals surface area (Å²) in [6, 6.07) is 38.4. The molecule has 0 N–H and O–H groups in total. The van der Waals surface area contributed by atoms with Crippen LogP contribution in [0.5, 0.6) is 0 Å². The van der Waals surface area contributed by atoms with Gasteiger partial charge in [-0.2, -0.15) is 0 Å². The highest BCUT2D eigenvalue weighted by Gasteiger charge is 2.24. The average molecular weight is 453 g/mol. The molecule has 0 bridgehead atoms. The molecule has 0 aromatic heterocycles. The lowest BCUT2D eigenvalue weighted by Crippen LogP contribution is -1.85. The van der Waals surface area contributed by atoms with Gasteiger partial charge in [-0.25, -0.2) is 0 Å². The van der Waals surface area contributed by atoms with E-state index in [2.05, 4.69) is 96.6 Å². The average Bonchev–Trinajstić information content (AvgIpc) is 3.27. The Balaban J connectivity index is 1.42. The molecule has 0 atom stereocenters. The molecule has 0 fully saturated rings. The SMILES string of the molecule is C#Cc1ccccc1C#Cc1ccccc1/C=C/[C]=C1c2ccccc2-c2c[c]c3ccccc3c21. The molecular formula is C36H20. The van der Waals surface area contributed by atoms with Crippen molar-refractivity contribution in [1.82, 2.24) is 0 Å². The van der Waals surface area contributed by atoms with Crippen LogP contribution < -0.4 is 0 Å². The molecule has 5 aromatic carbocycles. The first-order valence-electron chi connectivity index (χ1n) is 11.8. The minimum Gasteiger partial charge on any atom is -0.115 e. The smallest absolute Gasteiger partial charge is 0.0405 e. The van der Waals surface area contributed by atoms with E-state index in [-0.39, 0.29) is 0 Å². The van der Waals surface area contributed by atoms with Crippen LogP contribution in [0.1, 0.15) is 33.4 Å². The lowest BCUT2D eigenvalue weighted by molar-refractivity contribution is 1.57. The van der Waals surface area contributed by atoms with E-state index in [1.807, 2.05) is 48.5 Å². The van der Waals surface area contributed by atoms with Crippen LogP contribution in [0.15, 0.2) is 109 Å². The Morgan fingerprint density at radius 2 is 1.31 bits per heavy atom. The van der Waals surface area contributed by atoms with Crippen molar-refractivity contribution in [2.75, 3.05) is 0 Å². The Morgan fingerprint density at radius 3 is 2.17 bits per heavy atom. The van der Waals surface area contributed by atoms with E-state index in [0.29, 0.717) is 0 Å². The number of terminal acetylenes is 1. The minimum atomic E-state index is 0.805. The molecule has 0 spiro atoms. The molecule has 1 aliphatic carbocycles. The van der Waals surface area contributed by atoms with Crippen molar-refractivity contribution in [3.63, 3.8) is 0 Å². The van der Waals surface area contributed by atoms with Crippen LogP contribution in [0, 0.1) is 36.3 Å². The molecular weight excluding hydrogens is 432 g/mol. The van der Waals surface area contributed by atoms with Crippen LogP contribution in [0.25, 0.3) is 33.5 Å². The second-order valence-corrected chi connectivity index (χ2v) is 8.55. The fourth-order valence-electron chi connectivity index (χ4n) is 4.72. The maximum absolute atomic E-state index is 5.64. The topological polar surface area (TPSA) is 0 Å². The second-order valence-electron chi connectivity index (χ2n) is 8.55. The quantitative estimate of drug-likeness (QED) is 0.234. The zero-order valence-electron chi connectivity index (χ0n) is 19.5. The molecule has 36 heavy (non-hydrogen) atoms. The summed E-state index contributed by atoms with van der Waals surface area (Å²) in [4.78, 5) is 0. The lowest BCUT2D eigenvalue weighted by Gasteiger charge is -2.06. The largest absolute Gasteiger partial charge is 0.115 e. The summed E-state index contributed by atoms with van der Waals surface area (Å²) in [5.74, 6) is 9.26. The number of fused-ring (bicyclic) bond motifs is 5. The summed E-state index contributed by atoms with van der Waals surface area (Å²) in [7, 11) is 0. The first kappa shape index (κ1) is 21.5. The van der Waals surface area contributed by atoms with Crippen LogP contribution in [-0.2, 0) is 0 Å². The normalized spacial score (nSPS) is 12.7. The highest BCUT2D eigenvalue weighted by Crippen LogP contribution is 2.46. The first-order chi connectivity index (χ1) is 17.8. The summed E-state index contributed by atoms with van der Waals surface area (Å²) >= 11 is 0. The van der Waals surface area contributed by atoms with Gasteiger partial charge in [0.1, 0.15) is 0 Å². The van der Waals surface area contributed by atoms with Gasteiger partial charge in [0.2, 0.25) is 0 Å². The Labute approximate surface area is 212 Å². The molecule has 6 rings (SSSR count). The van der Waals surface area contributed by atoms with Crippen molar-refractivity contribution in [2.45, 2.75) is 0 Å². The maximum Gasteiger partial charge on any atom is 0.0405 e. The van der Waals surface area contributed by atoms with Crippen molar-refractivity contribution in [2.24, 2.45) is 0 Å². The molecule has 0 nitrogen and oxygen atoms in total. The van der Waals surface area contributed by atoms with Crippen molar-refractivity contribution < 1.29 is 0 Å². The fourth-order valence-corrected chi connectivity index (χ4v) is 4.72. The van der Waals surface area contributed by atoms with Gasteiger partial charge in [-0.1, -0.05) is 109 Å². The van der Waals surface area contributed by atoms with E-state index in [4.69, 9.17) is 6.42 Å². The van der Waals surface area contributed by atoms with E-state index >= 15 is 0 Å². The van der Waals surface area contributed by atoms with Gasteiger partial charge in [-0.05, 0) is 80.6 Å². The Morgan fingerprint density at radius 1 is 0.639 bits per heavy atom. The van der Waals surface area contributed by atoms with E-state index in [1.165, 1.54) is 27.6 Å². The molecule has 1 aliphatic rings. The number of hydrogen-bond donors (Lipinski definition) is 0. The van der Waals surface area contributed by atoms with Crippen molar-refractivity contribution >= 4 is 22.4 Å².